The highest BCUT2D eigenvalue weighted by molar-refractivity contribution is 5.85. The molecule has 0 aromatic rings. The molecule has 1 rings (SSSR count). The van der Waals surface area contributed by atoms with Crippen molar-refractivity contribution in [3.8, 4) is 0 Å². The second-order valence-electron chi connectivity index (χ2n) is 6.03. The molecule has 0 aromatic carbocycles. The van der Waals surface area contributed by atoms with Crippen LogP contribution in [0.3, 0.4) is 0 Å². The number of carbonyl (C=O) groups is 1. The van der Waals surface area contributed by atoms with Gasteiger partial charge in [0.1, 0.15) is 0 Å². The summed E-state index contributed by atoms with van der Waals surface area (Å²) in [5.74, 6) is 0.449. The summed E-state index contributed by atoms with van der Waals surface area (Å²) < 4.78 is 0. The molecule has 1 fully saturated rings. The second-order valence-corrected chi connectivity index (χ2v) is 6.03. The van der Waals surface area contributed by atoms with Crippen LogP contribution in [0.1, 0.15) is 40.0 Å². The van der Waals surface area contributed by atoms with E-state index < -0.39 is 0 Å². The molecule has 0 aliphatic heterocycles. The maximum atomic E-state index is 12.0. The topological polar surface area (TPSA) is 46.3 Å². The van der Waals surface area contributed by atoms with Crippen LogP contribution in [-0.2, 0) is 4.79 Å². The van der Waals surface area contributed by atoms with E-state index in [4.69, 9.17) is 5.73 Å². The normalized spacial score (nSPS) is 25.1. The first-order valence-electron chi connectivity index (χ1n) is 5.80. The largest absolute Gasteiger partial charge is 0.345 e. The maximum absolute atomic E-state index is 12.0. The highest BCUT2D eigenvalue weighted by Crippen LogP contribution is 2.26. The number of hydrogen-bond donors (Lipinski definition) is 1. The minimum absolute atomic E-state index is 0. The highest BCUT2D eigenvalue weighted by Gasteiger charge is 2.30. The summed E-state index contributed by atoms with van der Waals surface area (Å²) in [6.07, 6.45) is 2.83. The van der Waals surface area contributed by atoms with Gasteiger partial charge in [0, 0.05) is 25.6 Å². The smallest absolute Gasteiger partial charge is 0.225 e. The van der Waals surface area contributed by atoms with Crippen LogP contribution in [-0.4, -0.2) is 30.4 Å². The summed E-state index contributed by atoms with van der Waals surface area (Å²) in [7, 11) is 1.90. The number of amides is 1. The van der Waals surface area contributed by atoms with Crippen molar-refractivity contribution in [2.75, 3.05) is 13.6 Å². The van der Waals surface area contributed by atoms with Crippen molar-refractivity contribution >= 4 is 18.3 Å². The Morgan fingerprint density at radius 3 is 2.31 bits per heavy atom. The van der Waals surface area contributed by atoms with Crippen molar-refractivity contribution in [2.45, 2.75) is 46.1 Å². The van der Waals surface area contributed by atoms with Crippen LogP contribution in [0.5, 0.6) is 0 Å². The van der Waals surface area contributed by atoms with E-state index >= 15 is 0 Å². The van der Waals surface area contributed by atoms with Gasteiger partial charge in [-0.05, 0) is 24.7 Å². The van der Waals surface area contributed by atoms with E-state index in [0.29, 0.717) is 0 Å². The molecule has 0 bridgehead atoms. The quantitative estimate of drug-likeness (QED) is 0.813. The number of rotatable bonds is 2. The molecule has 4 heteroatoms. The highest BCUT2D eigenvalue weighted by atomic mass is 35.5. The predicted octanol–water partition coefficient (Wildman–Crippen LogP) is 2.04. The second kappa shape index (κ2) is 5.87. The van der Waals surface area contributed by atoms with Gasteiger partial charge in [-0.25, -0.2) is 0 Å². The van der Waals surface area contributed by atoms with E-state index in [-0.39, 0.29) is 35.7 Å². The first-order chi connectivity index (χ1) is 6.79. The summed E-state index contributed by atoms with van der Waals surface area (Å²) in [5, 5.41) is 0. The Labute approximate surface area is 105 Å². The third kappa shape index (κ3) is 4.71. The van der Waals surface area contributed by atoms with Crippen molar-refractivity contribution in [1.29, 1.82) is 0 Å². The average Bonchev–Trinajstić information content (AvgIpc) is 2.47. The SMILES string of the molecule is CN(CC(C)(C)C)C(=O)C1CCC(N)C1.Cl. The van der Waals surface area contributed by atoms with E-state index in [1.807, 2.05) is 11.9 Å². The molecule has 0 heterocycles. The van der Waals surface area contributed by atoms with Gasteiger partial charge in [-0.3, -0.25) is 4.79 Å². The fraction of sp³-hybridized carbons (Fsp3) is 0.917. The number of nitrogens with two attached hydrogens (primary N) is 1. The predicted molar refractivity (Wildman–Crippen MR) is 69.7 cm³/mol. The molecule has 1 amide bonds. The lowest BCUT2D eigenvalue weighted by molar-refractivity contribution is -0.135. The average molecular weight is 249 g/mol. The fourth-order valence-corrected chi connectivity index (χ4v) is 2.34. The van der Waals surface area contributed by atoms with E-state index in [1.165, 1.54) is 0 Å². The molecule has 3 nitrogen and oxygen atoms in total. The van der Waals surface area contributed by atoms with E-state index in [9.17, 15) is 4.79 Å². The van der Waals surface area contributed by atoms with Crippen LogP contribution in [0.15, 0.2) is 0 Å². The monoisotopic (exact) mass is 248 g/mol. The first-order valence-corrected chi connectivity index (χ1v) is 5.80. The molecule has 96 valence electrons. The minimum Gasteiger partial charge on any atom is -0.345 e. The molecule has 2 N–H and O–H groups in total. The molecular weight excluding hydrogens is 224 g/mol. The van der Waals surface area contributed by atoms with Crippen molar-refractivity contribution < 1.29 is 4.79 Å². The molecule has 2 atom stereocenters. The van der Waals surface area contributed by atoms with E-state index in [2.05, 4.69) is 20.8 Å². The van der Waals surface area contributed by atoms with Gasteiger partial charge < -0.3 is 10.6 Å². The van der Waals surface area contributed by atoms with E-state index in [0.717, 1.165) is 25.8 Å². The Balaban J connectivity index is 0.00000225. The molecule has 0 aromatic heterocycles. The number of carbonyl (C=O) groups excluding carboxylic acids is 1. The molecular formula is C12H25ClN2O. The lowest BCUT2D eigenvalue weighted by Gasteiger charge is -2.28. The minimum atomic E-state index is 0. The lowest BCUT2D eigenvalue weighted by Crippen LogP contribution is -2.38. The molecule has 1 saturated carbocycles. The summed E-state index contributed by atoms with van der Waals surface area (Å²) in [5.41, 5.74) is 5.99. The van der Waals surface area contributed by atoms with Crippen LogP contribution in [0.2, 0.25) is 0 Å². The Morgan fingerprint density at radius 2 is 1.94 bits per heavy atom. The number of halogens is 1. The summed E-state index contributed by atoms with van der Waals surface area (Å²) >= 11 is 0. The molecule has 2 unspecified atom stereocenters. The van der Waals surface area contributed by atoms with Crippen LogP contribution in [0, 0.1) is 11.3 Å². The Hall–Kier alpha value is -0.280. The zero-order chi connectivity index (χ0) is 11.6. The van der Waals surface area contributed by atoms with Gasteiger partial charge in [0.2, 0.25) is 5.91 Å². The van der Waals surface area contributed by atoms with Gasteiger partial charge >= 0.3 is 0 Å². The van der Waals surface area contributed by atoms with Gasteiger partial charge in [0.15, 0.2) is 0 Å². The van der Waals surface area contributed by atoms with Gasteiger partial charge in [-0.1, -0.05) is 20.8 Å². The van der Waals surface area contributed by atoms with E-state index in [1.54, 1.807) is 0 Å². The number of nitrogens with zero attached hydrogens (tertiary/aromatic N) is 1. The molecule has 1 aliphatic rings. The Morgan fingerprint density at radius 1 is 1.38 bits per heavy atom. The lowest BCUT2D eigenvalue weighted by atomic mass is 9.95. The fourth-order valence-electron chi connectivity index (χ4n) is 2.34. The summed E-state index contributed by atoms with van der Waals surface area (Å²) in [4.78, 5) is 13.9. The van der Waals surface area contributed by atoms with Crippen molar-refractivity contribution in [3.05, 3.63) is 0 Å². The Bertz CT molecular complexity index is 238. The van der Waals surface area contributed by atoms with Crippen LogP contribution in [0.25, 0.3) is 0 Å². The summed E-state index contributed by atoms with van der Waals surface area (Å²) in [6.45, 7) is 7.27. The maximum Gasteiger partial charge on any atom is 0.225 e. The van der Waals surface area contributed by atoms with Crippen molar-refractivity contribution in [3.63, 3.8) is 0 Å². The van der Waals surface area contributed by atoms with Gasteiger partial charge in [0.05, 0.1) is 0 Å². The standard InChI is InChI=1S/C12H24N2O.ClH/c1-12(2,3)8-14(4)11(15)9-5-6-10(13)7-9;/h9-10H,5-8,13H2,1-4H3;1H. The zero-order valence-corrected chi connectivity index (χ0v) is 11.6. The molecule has 1 aliphatic carbocycles. The van der Waals surface area contributed by atoms with Crippen LogP contribution in [0.4, 0.5) is 0 Å². The molecule has 0 spiro atoms. The van der Waals surface area contributed by atoms with Crippen molar-refractivity contribution in [2.24, 2.45) is 17.1 Å². The van der Waals surface area contributed by atoms with Crippen molar-refractivity contribution in [1.82, 2.24) is 4.90 Å². The molecule has 16 heavy (non-hydrogen) atoms. The summed E-state index contributed by atoms with van der Waals surface area (Å²) in [6, 6.07) is 0.238. The zero-order valence-electron chi connectivity index (χ0n) is 10.8. The Kier molecular flexibility index (Phi) is 5.77. The van der Waals surface area contributed by atoms with Gasteiger partial charge in [-0.2, -0.15) is 0 Å². The van der Waals surface area contributed by atoms with Gasteiger partial charge in [0.25, 0.3) is 0 Å². The first kappa shape index (κ1) is 15.7. The third-order valence-electron chi connectivity index (χ3n) is 2.91. The van der Waals surface area contributed by atoms with Gasteiger partial charge in [-0.15, -0.1) is 12.4 Å². The number of hydrogen-bond acceptors (Lipinski definition) is 2. The van der Waals surface area contributed by atoms with Crippen LogP contribution < -0.4 is 5.73 Å². The molecule has 0 saturated heterocycles. The third-order valence-corrected chi connectivity index (χ3v) is 2.91. The van der Waals surface area contributed by atoms with Crippen LogP contribution >= 0.6 is 12.4 Å². The molecule has 0 radical (unpaired) electrons.